The molecule has 0 radical (unpaired) electrons. The number of aldehydes is 1. The topological polar surface area (TPSA) is 95.5 Å². The van der Waals surface area contributed by atoms with Crippen LogP contribution in [0, 0.1) is 0 Å². The van der Waals surface area contributed by atoms with Crippen LogP contribution in [-0.2, 0) is 14.8 Å². The number of thiophene rings is 1. The van der Waals surface area contributed by atoms with Crippen molar-refractivity contribution in [1.29, 1.82) is 0 Å². The summed E-state index contributed by atoms with van der Waals surface area (Å²) in [6, 6.07) is 2.26. The predicted octanol–water partition coefficient (Wildman–Crippen LogP) is 4.25. The zero-order valence-corrected chi connectivity index (χ0v) is 20.0. The molecule has 0 aliphatic rings. The van der Waals surface area contributed by atoms with Gasteiger partial charge in [0, 0.05) is 6.54 Å². The summed E-state index contributed by atoms with van der Waals surface area (Å²) < 4.78 is 27.2. The Bertz CT molecular complexity index is 636. The second kappa shape index (κ2) is 16.8. The van der Waals surface area contributed by atoms with Gasteiger partial charge in [0.05, 0.1) is 6.04 Å². The summed E-state index contributed by atoms with van der Waals surface area (Å²) in [7, 11) is -3.73. The van der Waals surface area contributed by atoms with Gasteiger partial charge in [-0.3, -0.25) is 0 Å². The van der Waals surface area contributed by atoms with E-state index in [1.165, 1.54) is 70.3 Å². The van der Waals surface area contributed by atoms with E-state index in [1.807, 2.05) is 0 Å². The van der Waals surface area contributed by atoms with Crippen LogP contribution in [0.5, 0.6) is 0 Å². The molecule has 3 N–H and O–H groups in total. The van der Waals surface area contributed by atoms with E-state index >= 15 is 0 Å². The largest absolute Gasteiger partial charge is 0.384 e. The number of sulfonamides is 1. The number of unbranched alkanes of at least 4 members (excludes halogenated alkanes) is 11. The molecular formula is C22H40N2O4S2. The van der Waals surface area contributed by atoms with Crippen LogP contribution in [0.25, 0.3) is 0 Å². The number of rotatable bonds is 20. The van der Waals surface area contributed by atoms with Gasteiger partial charge in [-0.1, -0.05) is 83.6 Å². The summed E-state index contributed by atoms with van der Waals surface area (Å²) in [4.78, 5) is 11.0. The van der Waals surface area contributed by atoms with Gasteiger partial charge in [-0.2, -0.15) is 0 Å². The lowest BCUT2D eigenvalue weighted by atomic mass is 10.1. The van der Waals surface area contributed by atoms with Crippen molar-refractivity contribution in [2.24, 2.45) is 0 Å². The normalized spacial score (nSPS) is 13.9. The maximum absolute atomic E-state index is 12.3. The Labute approximate surface area is 186 Å². The van der Waals surface area contributed by atoms with Crippen molar-refractivity contribution in [2.75, 3.05) is 13.1 Å². The Hall–Kier alpha value is -0.800. The fourth-order valence-corrected chi connectivity index (χ4v) is 5.61. The van der Waals surface area contributed by atoms with Gasteiger partial charge in [0.25, 0.3) is 0 Å². The molecular weight excluding hydrogens is 420 g/mol. The molecule has 0 aromatic carbocycles. The second-order valence-electron chi connectivity index (χ2n) is 7.88. The van der Waals surface area contributed by atoms with Crippen molar-refractivity contribution >= 4 is 27.6 Å². The minimum absolute atomic E-state index is 0.173. The lowest BCUT2D eigenvalue weighted by molar-refractivity contribution is -0.115. The molecule has 0 spiro atoms. The molecule has 8 heteroatoms. The van der Waals surface area contributed by atoms with E-state index in [9.17, 15) is 18.3 Å². The summed E-state index contributed by atoms with van der Waals surface area (Å²) in [5.74, 6) is 0. The maximum Gasteiger partial charge on any atom is 0.250 e. The van der Waals surface area contributed by atoms with E-state index in [0.29, 0.717) is 6.29 Å². The first-order chi connectivity index (χ1) is 14.5. The third kappa shape index (κ3) is 12.2. The van der Waals surface area contributed by atoms with Gasteiger partial charge in [0.2, 0.25) is 10.0 Å². The first kappa shape index (κ1) is 27.2. The molecule has 0 aliphatic carbocycles. The van der Waals surface area contributed by atoms with Gasteiger partial charge < -0.3 is 15.2 Å². The minimum atomic E-state index is -3.73. The SMILES string of the molecule is CCCCCCCCCCCCCCNC[C@H](NS(=O)(=O)c1cccs1)[C@@H](O)C=O. The molecule has 0 saturated carbocycles. The van der Waals surface area contributed by atoms with E-state index in [1.54, 1.807) is 11.4 Å². The molecule has 0 fully saturated rings. The Balaban J connectivity index is 2.10. The first-order valence-corrected chi connectivity index (χ1v) is 13.8. The fraction of sp³-hybridized carbons (Fsp3) is 0.773. The van der Waals surface area contributed by atoms with Crippen LogP contribution in [0.1, 0.15) is 84.0 Å². The van der Waals surface area contributed by atoms with E-state index in [4.69, 9.17) is 0 Å². The number of hydrogen-bond donors (Lipinski definition) is 3. The van der Waals surface area contributed by atoms with Crippen molar-refractivity contribution in [2.45, 2.75) is 100 Å². The molecule has 1 aromatic heterocycles. The van der Waals surface area contributed by atoms with Crippen LogP contribution in [0.15, 0.2) is 21.7 Å². The molecule has 0 unspecified atom stereocenters. The van der Waals surface area contributed by atoms with Gasteiger partial charge in [-0.25, -0.2) is 13.1 Å². The smallest absolute Gasteiger partial charge is 0.250 e. The van der Waals surface area contributed by atoms with E-state index in [0.717, 1.165) is 30.7 Å². The molecule has 1 rings (SSSR count). The van der Waals surface area contributed by atoms with E-state index in [2.05, 4.69) is 17.0 Å². The Morgan fingerprint density at radius 3 is 2.07 bits per heavy atom. The molecule has 0 amide bonds. The third-order valence-electron chi connectivity index (χ3n) is 5.19. The van der Waals surface area contributed by atoms with Gasteiger partial charge in [-0.15, -0.1) is 11.3 Å². The zero-order valence-electron chi connectivity index (χ0n) is 18.4. The summed E-state index contributed by atoms with van der Waals surface area (Å²) in [6.07, 6.45) is 14.4. The third-order valence-corrected chi connectivity index (χ3v) is 8.08. The lowest BCUT2D eigenvalue weighted by Gasteiger charge is -2.20. The van der Waals surface area contributed by atoms with E-state index in [-0.39, 0.29) is 10.8 Å². The van der Waals surface area contributed by atoms with E-state index < -0.39 is 22.2 Å². The molecule has 0 bridgehead atoms. The van der Waals surface area contributed by atoms with Crippen LogP contribution < -0.4 is 10.0 Å². The highest BCUT2D eigenvalue weighted by atomic mass is 32.2. The van der Waals surface area contributed by atoms with Crippen LogP contribution >= 0.6 is 11.3 Å². The van der Waals surface area contributed by atoms with Gasteiger partial charge >= 0.3 is 0 Å². The van der Waals surface area contributed by atoms with Crippen molar-refractivity contribution in [3.63, 3.8) is 0 Å². The molecule has 0 aliphatic heterocycles. The monoisotopic (exact) mass is 460 g/mol. The predicted molar refractivity (Wildman–Crippen MR) is 124 cm³/mol. The zero-order chi connectivity index (χ0) is 22.1. The molecule has 174 valence electrons. The molecule has 2 atom stereocenters. The van der Waals surface area contributed by atoms with Gasteiger partial charge in [0.15, 0.2) is 0 Å². The molecule has 1 aromatic rings. The highest BCUT2D eigenvalue weighted by Crippen LogP contribution is 2.16. The second-order valence-corrected chi connectivity index (χ2v) is 10.8. The molecule has 0 saturated heterocycles. The highest BCUT2D eigenvalue weighted by Gasteiger charge is 2.25. The molecule has 30 heavy (non-hydrogen) atoms. The number of nitrogens with one attached hydrogen (secondary N) is 2. The fourth-order valence-electron chi connectivity index (χ4n) is 3.35. The number of aliphatic hydroxyl groups excluding tert-OH is 1. The van der Waals surface area contributed by atoms with Gasteiger partial charge in [0.1, 0.15) is 16.6 Å². The average Bonchev–Trinajstić information content (AvgIpc) is 3.28. The Morgan fingerprint density at radius 1 is 1.00 bits per heavy atom. The molecule has 6 nitrogen and oxygen atoms in total. The average molecular weight is 461 g/mol. The highest BCUT2D eigenvalue weighted by molar-refractivity contribution is 7.91. The first-order valence-electron chi connectivity index (χ1n) is 11.4. The lowest BCUT2D eigenvalue weighted by Crippen LogP contribution is -2.49. The number of aliphatic hydroxyl groups is 1. The maximum atomic E-state index is 12.3. The van der Waals surface area contributed by atoms with Crippen molar-refractivity contribution < 1.29 is 18.3 Å². The molecule has 1 heterocycles. The summed E-state index contributed by atoms with van der Waals surface area (Å²) in [5, 5.41) is 14.7. The summed E-state index contributed by atoms with van der Waals surface area (Å²) >= 11 is 1.10. The number of carbonyl (C=O) groups excluding carboxylic acids is 1. The minimum Gasteiger partial charge on any atom is -0.384 e. The Kier molecular flexibility index (Phi) is 15.3. The van der Waals surface area contributed by atoms with Crippen LogP contribution in [-0.4, -0.2) is 45.0 Å². The number of carbonyl (C=O) groups is 1. The van der Waals surface area contributed by atoms with Crippen molar-refractivity contribution in [3.8, 4) is 0 Å². The summed E-state index contributed by atoms with van der Waals surface area (Å²) in [5.41, 5.74) is 0. The van der Waals surface area contributed by atoms with Crippen molar-refractivity contribution in [1.82, 2.24) is 10.0 Å². The van der Waals surface area contributed by atoms with Crippen molar-refractivity contribution in [3.05, 3.63) is 17.5 Å². The number of hydrogen-bond acceptors (Lipinski definition) is 6. The van der Waals surface area contributed by atoms with Crippen LogP contribution in [0.3, 0.4) is 0 Å². The quantitative estimate of drug-likeness (QED) is 0.200. The van der Waals surface area contributed by atoms with Crippen LogP contribution in [0.2, 0.25) is 0 Å². The standard InChI is InChI=1S/C22H40N2O4S2/c1-2-3-4-5-6-7-8-9-10-11-12-13-16-23-18-20(21(26)19-25)24-30(27,28)22-15-14-17-29-22/h14-15,17,19-21,23-24,26H,2-13,16,18H2,1H3/t20-,21-/m0/s1. The van der Waals surface area contributed by atoms with Crippen LogP contribution in [0.4, 0.5) is 0 Å². The van der Waals surface area contributed by atoms with Gasteiger partial charge in [-0.05, 0) is 24.4 Å². The summed E-state index contributed by atoms with van der Waals surface area (Å²) in [6.45, 7) is 3.19. The Morgan fingerprint density at radius 2 is 1.57 bits per heavy atom.